The Bertz CT molecular complexity index is 929. The molecule has 0 aliphatic carbocycles. The summed E-state index contributed by atoms with van der Waals surface area (Å²) in [5.74, 6) is 0.140. The van der Waals surface area contributed by atoms with Gasteiger partial charge in [0.2, 0.25) is 0 Å². The van der Waals surface area contributed by atoms with Gasteiger partial charge in [-0.2, -0.15) is 0 Å². The lowest BCUT2D eigenvalue weighted by Gasteiger charge is -2.28. The van der Waals surface area contributed by atoms with E-state index in [4.69, 9.17) is 27.9 Å². The molecule has 0 radical (unpaired) electrons. The highest BCUT2D eigenvalue weighted by molar-refractivity contribution is 7.90. The van der Waals surface area contributed by atoms with Gasteiger partial charge in [0.25, 0.3) is 5.91 Å². The first-order chi connectivity index (χ1) is 12.5. The summed E-state index contributed by atoms with van der Waals surface area (Å²) in [6, 6.07) is 11.0. The molecule has 0 aromatic heterocycles. The fraction of sp³-hybridized carbons (Fsp3) is 0.316. The summed E-state index contributed by atoms with van der Waals surface area (Å²) in [4.78, 5) is 14.5. The van der Waals surface area contributed by atoms with Crippen molar-refractivity contribution in [3.05, 3.63) is 58.1 Å². The Morgan fingerprint density at radius 1 is 1.07 bits per heavy atom. The van der Waals surface area contributed by atoms with Crippen LogP contribution in [0.3, 0.4) is 0 Å². The minimum Gasteiger partial charge on any atom is -0.479 e. The highest BCUT2D eigenvalue weighted by Gasteiger charge is 2.24. The Kier molecular flexibility index (Phi) is 6.78. The SMILES string of the molecule is C[C@@H](Oc1ccc(Cl)cc1Cl)C(=O)N(C)[C@@H](C)c1ccc(S(C)(=O)=O)cc1. The van der Waals surface area contributed by atoms with Crippen LogP contribution in [0.2, 0.25) is 10.0 Å². The van der Waals surface area contributed by atoms with Crippen molar-refractivity contribution in [2.75, 3.05) is 13.3 Å². The number of carbonyl (C=O) groups is 1. The standard InChI is InChI=1S/C19H21Cl2NO4S/c1-12(14-5-8-16(9-6-14)27(4,24)25)22(3)19(23)13(2)26-18-10-7-15(20)11-17(18)21/h5-13H,1-4H3/t12-,13+/m0/s1. The van der Waals surface area contributed by atoms with Crippen LogP contribution in [0.5, 0.6) is 5.75 Å². The lowest BCUT2D eigenvalue weighted by molar-refractivity contribution is -0.138. The summed E-state index contributed by atoms with van der Waals surface area (Å²) in [7, 11) is -1.59. The number of benzene rings is 2. The van der Waals surface area contributed by atoms with Crippen LogP contribution in [-0.4, -0.2) is 38.6 Å². The van der Waals surface area contributed by atoms with Gasteiger partial charge in [-0.15, -0.1) is 0 Å². The average Bonchev–Trinajstić information content (AvgIpc) is 2.61. The minimum absolute atomic E-state index is 0.235. The number of halogens is 2. The molecule has 2 aromatic rings. The smallest absolute Gasteiger partial charge is 0.263 e. The van der Waals surface area contributed by atoms with E-state index in [1.54, 1.807) is 49.2 Å². The number of ether oxygens (including phenoxy) is 1. The molecule has 5 nitrogen and oxygen atoms in total. The molecule has 0 saturated carbocycles. The van der Waals surface area contributed by atoms with Gasteiger partial charge >= 0.3 is 0 Å². The van der Waals surface area contributed by atoms with Gasteiger partial charge in [-0.3, -0.25) is 4.79 Å². The van der Waals surface area contributed by atoms with E-state index in [9.17, 15) is 13.2 Å². The lowest BCUT2D eigenvalue weighted by atomic mass is 10.1. The summed E-state index contributed by atoms with van der Waals surface area (Å²) < 4.78 is 28.8. The van der Waals surface area contributed by atoms with E-state index in [2.05, 4.69) is 0 Å². The molecule has 8 heteroatoms. The van der Waals surface area contributed by atoms with E-state index in [0.29, 0.717) is 15.8 Å². The summed E-state index contributed by atoms with van der Waals surface area (Å²) in [6.07, 6.45) is 0.397. The molecule has 0 spiro atoms. The van der Waals surface area contributed by atoms with E-state index in [0.717, 1.165) is 11.8 Å². The largest absolute Gasteiger partial charge is 0.479 e. The molecule has 0 bridgehead atoms. The van der Waals surface area contributed by atoms with Crippen molar-refractivity contribution in [2.45, 2.75) is 30.9 Å². The Hall–Kier alpha value is -1.76. The first-order valence-electron chi connectivity index (χ1n) is 8.19. The Morgan fingerprint density at radius 3 is 2.19 bits per heavy atom. The van der Waals surface area contributed by atoms with E-state index in [1.165, 1.54) is 12.1 Å². The summed E-state index contributed by atoms with van der Waals surface area (Å²) in [5.41, 5.74) is 0.815. The Balaban J connectivity index is 2.10. The van der Waals surface area contributed by atoms with Gasteiger partial charge in [0.05, 0.1) is 16.0 Å². The van der Waals surface area contributed by atoms with Crippen LogP contribution in [0.4, 0.5) is 0 Å². The van der Waals surface area contributed by atoms with E-state index in [1.807, 2.05) is 6.92 Å². The number of hydrogen-bond acceptors (Lipinski definition) is 4. The van der Waals surface area contributed by atoms with Crippen LogP contribution in [-0.2, 0) is 14.6 Å². The number of rotatable bonds is 6. The summed E-state index contributed by atoms with van der Waals surface area (Å²) >= 11 is 11.9. The van der Waals surface area contributed by atoms with Crippen LogP contribution < -0.4 is 4.74 Å². The van der Waals surface area contributed by atoms with Crippen LogP contribution in [0.1, 0.15) is 25.5 Å². The van der Waals surface area contributed by atoms with Crippen molar-refractivity contribution in [1.82, 2.24) is 4.90 Å². The molecule has 0 heterocycles. The predicted molar refractivity (Wildman–Crippen MR) is 107 cm³/mol. The second kappa shape index (κ2) is 8.50. The molecule has 1 amide bonds. The van der Waals surface area contributed by atoms with Gasteiger partial charge in [-0.25, -0.2) is 8.42 Å². The third kappa shape index (κ3) is 5.37. The van der Waals surface area contributed by atoms with Crippen molar-refractivity contribution in [2.24, 2.45) is 0 Å². The topological polar surface area (TPSA) is 63.7 Å². The van der Waals surface area contributed by atoms with E-state index in [-0.39, 0.29) is 16.8 Å². The van der Waals surface area contributed by atoms with Gasteiger partial charge in [-0.05, 0) is 49.7 Å². The molecule has 0 saturated heterocycles. The maximum absolute atomic E-state index is 12.7. The van der Waals surface area contributed by atoms with Gasteiger partial charge in [0.1, 0.15) is 5.75 Å². The quantitative estimate of drug-likeness (QED) is 0.682. The number of nitrogens with zero attached hydrogens (tertiary/aromatic N) is 1. The molecule has 0 aliphatic heterocycles. The molecule has 0 unspecified atom stereocenters. The van der Waals surface area contributed by atoms with Crippen LogP contribution in [0, 0.1) is 0 Å². The molecule has 0 fully saturated rings. The van der Waals surface area contributed by atoms with Crippen molar-refractivity contribution in [1.29, 1.82) is 0 Å². The number of carbonyl (C=O) groups excluding carboxylic acids is 1. The Labute approximate surface area is 169 Å². The zero-order valence-electron chi connectivity index (χ0n) is 15.4. The summed E-state index contributed by atoms with van der Waals surface area (Å²) in [6.45, 7) is 3.50. The molecule has 146 valence electrons. The fourth-order valence-corrected chi connectivity index (χ4v) is 3.59. The van der Waals surface area contributed by atoms with Gasteiger partial charge in [0, 0.05) is 18.3 Å². The molecule has 27 heavy (non-hydrogen) atoms. The first-order valence-corrected chi connectivity index (χ1v) is 10.8. The number of amides is 1. The van der Waals surface area contributed by atoms with E-state index >= 15 is 0 Å². The monoisotopic (exact) mass is 429 g/mol. The van der Waals surface area contributed by atoms with Crippen molar-refractivity contribution >= 4 is 38.9 Å². The normalized spacial score (nSPS) is 13.7. The molecule has 2 atom stereocenters. The highest BCUT2D eigenvalue weighted by atomic mass is 35.5. The van der Waals surface area contributed by atoms with Crippen molar-refractivity contribution in [3.63, 3.8) is 0 Å². The number of hydrogen-bond donors (Lipinski definition) is 0. The molecular weight excluding hydrogens is 409 g/mol. The highest BCUT2D eigenvalue weighted by Crippen LogP contribution is 2.29. The van der Waals surface area contributed by atoms with Crippen molar-refractivity contribution < 1.29 is 17.9 Å². The first kappa shape index (κ1) is 21.5. The van der Waals surface area contributed by atoms with Crippen LogP contribution >= 0.6 is 23.2 Å². The molecule has 0 N–H and O–H groups in total. The predicted octanol–water partition coefficient (Wildman–Crippen LogP) is 4.38. The van der Waals surface area contributed by atoms with Gasteiger partial charge in [0.15, 0.2) is 15.9 Å². The van der Waals surface area contributed by atoms with Gasteiger partial charge < -0.3 is 9.64 Å². The van der Waals surface area contributed by atoms with E-state index < -0.39 is 15.9 Å². The molecule has 2 aromatic carbocycles. The molecule has 2 rings (SSSR count). The second-order valence-corrected chi connectivity index (χ2v) is 9.16. The number of likely N-dealkylation sites (N-methyl/N-ethyl adjacent to an activating group) is 1. The number of sulfone groups is 1. The van der Waals surface area contributed by atoms with Crippen molar-refractivity contribution in [3.8, 4) is 5.75 Å². The minimum atomic E-state index is -3.26. The van der Waals surface area contributed by atoms with Crippen LogP contribution in [0.25, 0.3) is 0 Å². The third-order valence-electron chi connectivity index (χ3n) is 4.26. The maximum Gasteiger partial charge on any atom is 0.263 e. The average molecular weight is 430 g/mol. The molecule has 0 aliphatic rings. The van der Waals surface area contributed by atoms with Crippen LogP contribution in [0.15, 0.2) is 47.4 Å². The molecular formula is C19H21Cl2NO4S. The lowest BCUT2D eigenvalue weighted by Crippen LogP contribution is -2.39. The third-order valence-corrected chi connectivity index (χ3v) is 5.92. The maximum atomic E-state index is 12.7. The summed E-state index contributed by atoms with van der Waals surface area (Å²) in [5, 5.41) is 0.809. The zero-order valence-corrected chi connectivity index (χ0v) is 17.8. The second-order valence-electron chi connectivity index (χ2n) is 6.30. The zero-order chi connectivity index (χ0) is 20.4. The fourth-order valence-electron chi connectivity index (χ4n) is 2.51. The van der Waals surface area contributed by atoms with Gasteiger partial charge in [-0.1, -0.05) is 35.3 Å². The Morgan fingerprint density at radius 2 is 1.67 bits per heavy atom.